The number of rotatable bonds is 12. The topological polar surface area (TPSA) is 130 Å². The van der Waals surface area contributed by atoms with Crippen LogP contribution in [0.25, 0.3) is 11.0 Å². The van der Waals surface area contributed by atoms with Crippen molar-refractivity contribution < 1.29 is 19.1 Å². The second-order valence-electron chi connectivity index (χ2n) is 8.05. The molecule has 184 valence electrons. The van der Waals surface area contributed by atoms with E-state index in [4.69, 9.17) is 5.73 Å². The normalized spacial score (nSPS) is 11.6. The van der Waals surface area contributed by atoms with Crippen molar-refractivity contribution in [2.45, 2.75) is 25.3 Å². The molecule has 35 heavy (non-hydrogen) atoms. The Kier molecular flexibility index (Phi) is 9.14. The highest BCUT2D eigenvalue weighted by Gasteiger charge is 2.26. The summed E-state index contributed by atoms with van der Waals surface area (Å²) in [7, 11) is 1.30. The number of aromatic nitrogens is 2. The molecule has 4 N–H and O–H groups in total. The fourth-order valence-electron chi connectivity index (χ4n) is 3.85. The maximum atomic E-state index is 13.7. The Hall–Kier alpha value is -3.98. The number of carbonyl (C=O) groups is 3. The van der Waals surface area contributed by atoms with Gasteiger partial charge in [-0.1, -0.05) is 36.4 Å². The predicted octanol–water partition coefficient (Wildman–Crippen LogP) is 3.14. The molecule has 3 aromatic rings. The quantitative estimate of drug-likeness (QED) is 0.271. The van der Waals surface area contributed by atoms with Gasteiger partial charge in [-0.2, -0.15) is 0 Å². The second kappa shape index (κ2) is 12.5. The Morgan fingerprint density at radius 2 is 2.00 bits per heavy atom. The van der Waals surface area contributed by atoms with Crippen molar-refractivity contribution in [3.63, 3.8) is 0 Å². The lowest BCUT2D eigenvalue weighted by Crippen LogP contribution is -2.37. The Bertz CT molecular complexity index is 1170. The van der Waals surface area contributed by atoms with Crippen LogP contribution < -0.4 is 11.1 Å². The summed E-state index contributed by atoms with van der Waals surface area (Å²) in [5, 5.41) is 2.65. The monoisotopic (exact) mass is 477 g/mol. The molecule has 1 unspecified atom stereocenters. The Balaban J connectivity index is 1.85. The molecule has 0 radical (unpaired) electrons. The van der Waals surface area contributed by atoms with E-state index in [0.29, 0.717) is 41.8 Å². The van der Waals surface area contributed by atoms with E-state index in [2.05, 4.69) is 26.6 Å². The average Bonchev–Trinajstić information content (AvgIpc) is 3.30. The molecule has 1 atom stereocenters. The number of nitrogens with one attached hydrogen (secondary N) is 2. The zero-order chi connectivity index (χ0) is 25.2. The van der Waals surface area contributed by atoms with Crippen LogP contribution in [0.1, 0.15) is 40.5 Å². The number of amides is 2. The lowest BCUT2D eigenvalue weighted by Gasteiger charge is -2.27. The van der Waals surface area contributed by atoms with Crippen molar-refractivity contribution >= 4 is 28.8 Å². The third-order valence-corrected chi connectivity index (χ3v) is 5.68. The maximum absolute atomic E-state index is 13.7. The van der Waals surface area contributed by atoms with E-state index in [1.165, 1.54) is 7.11 Å². The number of ether oxygens (including phenoxy) is 1. The molecule has 0 aliphatic rings. The van der Waals surface area contributed by atoms with E-state index in [1.54, 1.807) is 29.2 Å². The van der Waals surface area contributed by atoms with Crippen LogP contribution >= 0.6 is 0 Å². The van der Waals surface area contributed by atoms with Crippen LogP contribution in [-0.4, -0.2) is 59.4 Å². The minimum atomic E-state index is -0.539. The fraction of sp³-hybridized carbons (Fsp3) is 0.308. The molecule has 0 aliphatic heterocycles. The van der Waals surface area contributed by atoms with Crippen LogP contribution in [-0.2, 0) is 16.1 Å². The third kappa shape index (κ3) is 6.77. The van der Waals surface area contributed by atoms with E-state index in [-0.39, 0.29) is 31.3 Å². The highest BCUT2D eigenvalue weighted by atomic mass is 16.5. The number of alkyl carbamates (subject to hydrolysis) is 1. The van der Waals surface area contributed by atoms with Gasteiger partial charge in [-0.15, -0.1) is 6.58 Å². The molecule has 0 bridgehead atoms. The smallest absolute Gasteiger partial charge is 0.406 e. The van der Waals surface area contributed by atoms with Crippen LogP contribution in [0.3, 0.4) is 0 Å². The highest BCUT2D eigenvalue weighted by molar-refractivity contribution is 6.00. The van der Waals surface area contributed by atoms with Crippen LogP contribution in [0.5, 0.6) is 0 Å². The first-order valence-corrected chi connectivity index (χ1v) is 11.4. The number of nitrogens with two attached hydrogens (primary N) is 1. The number of benzene rings is 2. The van der Waals surface area contributed by atoms with Crippen LogP contribution in [0.2, 0.25) is 0 Å². The van der Waals surface area contributed by atoms with Gasteiger partial charge >= 0.3 is 6.09 Å². The third-order valence-electron chi connectivity index (χ3n) is 5.68. The molecule has 9 nitrogen and oxygen atoms in total. The van der Waals surface area contributed by atoms with Crippen LogP contribution in [0.4, 0.5) is 4.79 Å². The number of ketones is 1. The summed E-state index contributed by atoms with van der Waals surface area (Å²) in [4.78, 5) is 46.8. The minimum Gasteiger partial charge on any atom is -0.453 e. The summed E-state index contributed by atoms with van der Waals surface area (Å²) in [5.74, 6) is -0.0909. The lowest BCUT2D eigenvalue weighted by molar-refractivity contribution is -0.133. The molecule has 0 spiro atoms. The number of carbonyl (C=O) groups excluding carboxylic acids is 3. The van der Waals surface area contributed by atoms with Crippen molar-refractivity contribution in [1.82, 2.24) is 20.2 Å². The van der Waals surface area contributed by atoms with E-state index in [0.717, 1.165) is 5.56 Å². The molecule has 0 saturated heterocycles. The van der Waals surface area contributed by atoms with Gasteiger partial charge in [-0.25, -0.2) is 9.78 Å². The molecule has 0 fully saturated rings. The summed E-state index contributed by atoms with van der Waals surface area (Å²) < 4.78 is 4.64. The number of methoxy groups -OCH3 is 1. The van der Waals surface area contributed by atoms with Gasteiger partial charge in [-0.05, 0) is 36.6 Å². The summed E-state index contributed by atoms with van der Waals surface area (Å²) in [5.41, 5.74) is 8.26. The predicted molar refractivity (Wildman–Crippen MR) is 134 cm³/mol. The first-order valence-electron chi connectivity index (χ1n) is 11.4. The summed E-state index contributed by atoms with van der Waals surface area (Å²) in [6, 6.07) is 14.7. The van der Waals surface area contributed by atoms with E-state index in [9.17, 15) is 14.4 Å². The molecular weight excluding hydrogens is 446 g/mol. The molecule has 2 aromatic carbocycles. The van der Waals surface area contributed by atoms with Gasteiger partial charge in [0, 0.05) is 18.7 Å². The average molecular weight is 478 g/mol. The lowest BCUT2D eigenvalue weighted by atomic mass is 9.94. The van der Waals surface area contributed by atoms with Crippen molar-refractivity contribution in [1.29, 1.82) is 0 Å². The number of hydrogen-bond donors (Lipinski definition) is 3. The van der Waals surface area contributed by atoms with Gasteiger partial charge in [0.15, 0.2) is 5.78 Å². The molecule has 3 rings (SSSR count). The minimum absolute atomic E-state index is 0.0674. The number of Topliss-reactive ketones (excluding diaryl/α,β-unsaturated/α-hetero) is 1. The van der Waals surface area contributed by atoms with Crippen molar-refractivity contribution in [3.05, 3.63) is 78.1 Å². The molecule has 1 heterocycles. The van der Waals surface area contributed by atoms with Gasteiger partial charge in [0.25, 0.3) is 0 Å². The molecule has 9 heteroatoms. The van der Waals surface area contributed by atoms with Gasteiger partial charge < -0.3 is 25.7 Å². The van der Waals surface area contributed by atoms with Gasteiger partial charge in [-0.3, -0.25) is 9.59 Å². The van der Waals surface area contributed by atoms with E-state index >= 15 is 0 Å². The van der Waals surface area contributed by atoms with Gasteiger partial charge in [0.2, 0.25) is 5.91 Å². The maximum Gasteiger partial charge on any atom is 0.406 e. The standard InChI is InChI=1S/C26H31N5O4/c1-3-4-14-31(17-24-29-21-11-10-19(23(32)16-27)15-22(21)30-24)25(33)20(12-13-28-26(34)35-2)18-8-6-5-7-9-18/h3,5-11,15,20H,1,4,12-14,16-17,27H2,2H3,(H,28,34)(H,29,30). The zero-order valence-electron chi connectivity index (χ0n) is 19.8. The molecule has 0 saturated carbocycles. The first kappa shape index (κ1) is 25.6. The highest BCUT2D eigenvalue weighted by Crippen LogP contribution is 2.24. The number of nitrogens with zero attached hydrogens (tertiary/aromatic N) is 2. The van der Waals surface area contributed by atoms with Crippen molar-refractivity contribution in [2.75, 3.05) is 26.7 Å². The number of fused-ring (bicyclic) bond motifs is 1. The van der Waals surface area contributed by atoms with E-state index < -0.39 is 12.0 Å². The summed E-state index contributed by atoms with van der Waals surface area (Å²) >= 11 is 0. The number of aromatic amines is 1. The summed E-state index contributed by atoms with van der Waals surface area (Å²) in [6.45, 7) is 4.73. The molecular formula is C26H31N5O4. The van der Waals surface area contributed by atoms with Crippen LogP contribution in [0, 0.1) is 0 Å². The number of H-pyrrole nitrogens is 1. The zero-order valence-corrected chi connectivity index (χ0v) is 19.8. The van der Waals surface area contributed by atoms with Gasteiger partial charge in [0.1, 0.15) is 5.82 Å². The Morgan fingerprint density at radius 1 is 1.23 bits per heavy atom. The first-order chi connectivity index (χ1) is 17.0. The molecule has 1 aromatic heterocycles. The largest absolute Gasteiger partial charge is 0.453 e. The Morgan fingerprint density at radius 3 is 2.69 bits per heavy atom. The molecule has 2 amide bonds. The SMILES string of the molecule is C=CCCN(Cc1nc2ccc(C(=O)CN)cc2[nH]1)C(=O)C(CCNC(=O)OC)c1ccccc1. The van der Waals surface area contributed by atoms with Crippen LogP contribution in [0.15, 0.2) is 61.2 Å². The number of hydrogen-bond acceptors (Lipinski definition) is 6. The van der Waals surface area contributed by atoms with Crippen molar-refractivity contribution in [2.24, 2.45) is 5.73 Å². The van der Waals surface area contributed by atoms with E-state index in [1.807, 2.05) is 30.3 Å². The fourth-order valence-corrected chi connectivity index (χ4v) is 3.85. The second-order valence-corrected chi connectivity index (χ2v) is 8.05. The van der Waals surface area contributed by atoms with Gasteiger partial charge in [0.05, 0.1) is 37.2 Å². The number of imidazole rings is 1. The molecule has 0 aliphatic carbocycles. The summed E-state index contributed by atoms with van der Waals surface area (Å²) in [6.07, 6.45) is 2.25. The van der Waals surface area contributed by atoms with Crippen molar-refractivity contribution in [3.8, 4) is 0 Å². The Labute approximate surface area is 204 Å².